The zero-order chi connectivity index (χ0) is 28.5. The molecule has 1 aliphatic carbocycles. The van der Waals surface area contributed by atoms with Crippen molar-refractivity contribution in [3.05, 3.63) is 77.4 Å². The third-order valence-electron chi connectivity index (χ3n) is 9.12. The topological polar surface area (TPSA) is 9.23 Å². The second-order valence-corrected chi connectivity index (χ2v) is 12.5. The summed E-state index contributed by atoms with van der Waals surface area (Å²) in [4.78, 5) is 0. The highest BCUT2D eigenvalue weighted by atomic mass is 16.5. The van der Waals surface area contributed by atoms with Crippen LogP contribution in [-0.2, 0) is 0 Å². The van der Waals surface area contributed by atoms with Gasteiger partial charge in [-0.15, -0.1) is 0 Å². The lowest BCUT2D eigenvalue weighted by molar-refractivity contribution is 0.302. The van der Waals surface area contributed by atoms with E-state index in [2.05, 4.69) is 86.4 Å². The minimum absolute atomic E-state index is 0.734. The van der Waals surface area contributed by atoms with Gasteiger partial charge < -0.3 is 4.74 Å². The van der Waals surface area contributed by atoms with Crippen LogP contribution >= 0.6 is 0 Å². The number of hydrogen-bond donors (Lipinski definition) is 0. The van der Waals surface area contributed by atoms with E-state index in [0.717, 1.165) is 41.7 Å². The van der Waals surface area contributed by atoms with Crippen molar-refractivity contribution in [2.45, 2.75) is 129 Å². The van der Waals surface area contributed by atoms with Gasteiger partial charge in [-0.1, -0.05) is 127 Å². The summed E-state index contributed by atoms with van der Waals surface area (Å²) in [5.74, 6) is 9.45. The summed E-state index contributed by atoms with van der Waals surface area (Å²) in [6.07, 6.45) is 23.3. The molecule has 0 atom stereocenters. The Morgan fingerprint density at radius 3 is 1.90 bits per heavy atom. The van der Waals surface area contributed by atoms with Crippen LogP contribution in [0.5, 0.6) is 5.75 Å². The quantitative estimate of drug-likeness (QED) is 0.127. The molecule has 220 valence electrons. The normalized spacial score (nSPS) is 16.8. The van der Waals surface area contributed by atoms with Crippen LogP contribution < -0.4 is 4.74 Å². The van der Waals surface area contributed by atoms with Crippen molar-refractivity contribution in [2.75, 3.05) is 6.61 Å². The van der Waals surface area contributed by atoms with Crippen LogP contribution in [0.2, 0.25) is 0 Å². The molecule has 0 heterocycles. The molecule has 0 aliphatic heterocycles. The van der Waals surface area contributed by atoms with Gasteiger partial charge in [-0.25, -0.2) is 0 Å². The van der Waals surface area contributed by atoms with E-state index in [1.165, 1.54) is 119 Å². The Bertz CT molecular complexity index is 1200. The van der Waals surface area contributed by atoms with Crippen molar-refractivity contribution in [3.8, 4) is 17.6 Å². The predicted octanol–water partition coefficient (Wildman–Crippen LogP) is 12.0. The minimum Gasteiger partial charge on any atom is -0.494 e. The van der Waals surface area contributed by atoms with Gasteiger partial charge in [0.15, 0.2) is 0 Å². The third kappa shape index (κ3) is 10.9. The summed E-state index contributed by atoms with van der Waals surface area (Å²) in [6, 6.07) is 22.0. The summed E-state index contributed by atoms with van der Waals surface area (Å²) in [6.45, 7) is 5.36. The molecule has 41 heavy (non-hydrogen) atoms. The maximum absolute atomic E-state index is 5.99. The van der Waals surface area contributed by atoms with Crippen molar-refractivity contribution in [1.82, 2.24) is 0 Å². The number of rotatable bonds is 16. The monoisotopic (exact) mass is 550 g/mol. The fraction of sp³-hybridized carbons (Fsp3) is 0.550. The SMILES string of the molecule is CCCCCCCCCC1CCC(c2ccc(C#Cc3ccc4cc(OCCCCCCC)ccc4c3)cc2)CC1. The maximum Gasteiger partial charge on any atom is 0.119 e. The Morgan fingerprint density at radius 2 is 1.17 bits per heavy atom. The molecule has 0 radical (unpaired) electrons. The Hall–Kier alpha value is -2.72. The summed E-state index contributed by atoms with van der Waals surface area (Å²) in [5.41, 5.74) is 3.67. The molecule has 3 aromatic rings. The van der Waals surface area contributed by atoms with E-state index in [0.29, 0.717) is 0 Å². The lowest BCUT2D eigenvalue weighted by Gasteiger charge is -2.29. The van der Waals surface area contributed by atoms with E-state index in [1.807, 2.05) is 0 Å². The van der Waals surface area contributed by atoms with Gasteiger partial charge in [-0.2, -0.15) is 0 Å². The van der Waals surface area contributed by atoms with Gasteiger partial charge in [0, 0.05) is 11.1 Å². The fourth-order valence-electron chi connectivity index (χ4n) is 6.44. The Labute approximate surface area is 251 Å². The highest BCUT2D eigenvalue weighted by Gasteiger charge is 2.22. The van der Waals surface area contributed by atoms with Crippen molar-refractivity contribution in [2.24, 2.45) is 5.92 Å². The maximum atomic E-state index is 5.99. The molecule has 1 fully saturated rings. The van der Waals surface area contributed by atoms with Crippen LogP contribution in [0, 0.1) is 17.8 Å². The molecular weight excluding hydrogens is 496 g/mol. The van der Waals surface area contributed by atoms with Crippen molar-refractivity contribution >= 4 is 10.8 Å². The molecular formula is C40H54O. The number of fused-ring (bicyclic) bond motifs is 1. The fourth-order valence-corrected chi connectivity index (χ4v) is 6.44. The highest BCUT2D eigenvalue weighted by molar-refractivity contribution is 5.85. The molecule has 1 saturated carbocycles. The lowest BCUT2D eigenvalue weighted by Crippen LogP contribution is -2.13. The molecule has 1 heteroatoms. The van der Waals surface area contributed by atoms with E-state index in [4.69, 9.17) is 4.74 Å². The molecule has 0 N–H and O–H groups in total. The second kappa shape index (κ2) is 18.0. The zero-order valence-corrected chi connectivity index (χ0v) is 26.1. The van der Waals surface area contributed by atoms with Gasteiger partial charge in [0.1, 0.15) is 5.75 Å². The lowest BCUT2D eigenvalue weighted by atomic mass is 9.77. The molecule has 0 aromatic heterocycles. The molecule has 0 spiro atoms. The van der Waals surface area contributed by atoms with Crippen LogP contribution in [0.4, 0.5) is 0 Å². The molecule has 0 bridgehead atoms. The van der Waals surface area contributed by atoms with Gasteiger partial charge in [-0.05, 0) is 96.7 Å². The molecule has 0 amide bonds. The van der Waals surface area contributed by atoms with E-state index >= 15 is 0 Å². The van der Waals surface area contributed by atoms with Crippen molar-refractivity contribution < 1.29 is 4.74 Å². The Balaban J connectivity index is 1.20. The Morgan fingerprint density at radius 1 is 0.585 bits per heavy atom. The number of benzene rings is 3. The molecule has 3 aromatic carbocycles. The average Bonchev–Trinajstić information content (AvgIpc) is 3.02. The minimum atomic E-state index is 0.734. The predicted molar refractivity (Wildman–Crippen MR) is 178 cm³/mol. The van der Waals surface area contributed by atoms with E-state index in [1.54, 1.807) is 0 Å². The summed E-state index contributed by atoms with van der Waals surface area (Å²) in [5, 5.41) is 2.42. The van der Waals surface area contributed by atoms with Crippen LogP contribution in [-0.4, -0.2) is 6.61 Å². The smallest absolute Gasteiger partial charge is 0.119 e. The number of hydrogen-bond acceptors (Lipinski definition) is 1. The van der Waals surface area contributed by atoms with Gasteiger partial charge in [0.2, 0.25) is 0 Å². The summed E-state index contributed by atoms with van der Waals surface area (Å²) >= 11 is 0. The van der Waals surface area contributed by atoms with E-state index in [9.17, 15) is 0 Å². The molecule has 4 rings (SSSR count). The molecule has 0 saturated heterocycles. The van der Waals surface area contributed by atoms with Gasteiger partial charge in [0.05, 0.1) is 6.61 Å². The largest absolute Gasteiger partial charge is 0.494 e. The molecule has 1 nitrogen and oxygen atoms in total. The molecule has 1 aliphatic rings. The first kappa shape index (κ1) is 31.2. The van der Waals surface area contributed by atoms with Crippen molar-refractivity contribution in [3.63, 3.8) is 0 Å². The van der Waals surface area contributed by atoms with Gasteiger partial charge >= 0.3 is 0 Å². The highest BCUT2D eigenvalue weighted by Crippen LogP contribution is 2.37. The third-order valence-corrected chi connectivity index (χ3v) is 9.12. The average molecular weight is 551 g/mol. The standard InChI is InChI=1S/C40H54O/c1-3-5-7-9-10-11-13-15-33-18-23-36(24-19-33)37-25-20-34(21-26-37)16-17-35-22-27-39-32-40(29-28-38(39)31-35)41-30-14-12-8-6-4-2/h20-22,25-29,31-33,36H,3-15,18-19,23-24,30H2,1-2H3. The van der Waals surface area contributed by atoms with Crippen LogP contribution in [0.25, 0.3) is 10.8 Å². The van der Waals surface area contributed by atoms with Gasteiger partial charge in [0.25, 0.3) is 0 Å². The Kier molecular flexibility index (Phi) is 13.7. The first-order chi connectivity index (χ1) is 20.2. The van der Waals surface area contributed by atoms with Gasteiger partial charge in [-0.3, -0.25) is 0 Å². The van der Waals surface area contributed by atoms with E-state index < -0.39 is 0 Å². The first-order valence-corrected chi connectivity index (χ1v) is 17.0. The van der Waals surface area contributed by atoms with Crippen molar-refractivity contribution in [1.29, 1.82) is 0 Å². The zero-order valence-electron chi connectivity index (χ0n) is 26.1. The summed E-state index contributed by atoms with van der Waals surface area (Å²) < 4.78 is 5.99. The van der Waals surface area contributed by atoms with Crippen LogP contribution in [0.15, 0.2) is 60.7 Å². The summed E-state index contributed by atoms with van der Waals surface area (Å²) in [7, 11) is 0. The second-order valence-electron chi connectivity index (χ2n) is 12.5. The van der Waals surface area contributed by atoms with Crippen LogP contribution in [0.1, 0.15) is 146 Å². The first-order valence-electron chi connectivity index (χ1n) is 17.0. The van der Waals surface area contributed by atoms with E-state index in [-0.39, 0.29) is 0 Å². The number of unbranched alkanes of at least 4 members (excludes halogenated alkanes) is 10. The van der Waals surface area contributed by atoms with Crippen LogP contribution in [0.3, 0.4) is 0 Å². The number of ether oxygens (including phenoxy) is 1. The molecule has 0 unspecified atom stereocenters.